The second-order valence-corrected chi connectivity index (χ2v) is 4.28. The summed E-state index contributed by atoms with van der Waals surface area (Å²) in [4.78, 5) is 11.0. The van der Waals surface area contributed by atoms with E-state index in [1.165, 1.54) is 17.4 Å². The monoisotopic (exact) mass is 250 g/mol. The predicted octanol–water partition coefficient (Wildman–Crippen LogP) is 3.27. The molecule has 0 aliphatic rings. The molecule has 15 heavy (non-hydrogen) atoms. The van der Waals surface area contributed by atoms with Crippen molar-refractivity contribution in [2.75, 3.05) is 0 Å². The number of nitro groups is 1. The van der Waals surface area contributed by atoms with Crippen molar-refractivity contribution >= 4 is 28.7 Å². The number of nitrogens with zero attached hydrogens (tertiary/aromatic N) is 1. The molecule has 1 atom stereocenters. The molecule has 0 bridgehead atoms. The lowest BCUT2D eigenvalue weighted by Crippen LogP contribution is -2.07. The molecule has 1 rings (SSSR count). The van der Waals surface area contributed by atoms with Crippen LogP contribution in [-0.2, 0) is 0 Å². The normalized spacial score (nSPS) is 11.9. The highest BCUT2D eigenvalue weighted by atomic mass is 35.5. The predicted molar refractivity (Wildman–Crippen MR) is 64.7 cm³/mol. The SMILES string of the molecule is CCCC[C@@H](N)c1ccc([N+](=O)[O-])s1.Cl. The van der Waals surface area contributed by atoms with E-state index in [1.54, 1.807) is 6.07 Å². The number of thiophene rings is 1. The Bertz CT molecular complexity index is 317. The number of rotatable bonds is 5. The summed E-state index contributed by atoms with van der Waals surface area (Å²) in [7, 11) is 0. The van der Waals surface area contributed by atoms with E-state index in [9.17, 15) is 10.1 Å². The Hall–Kier alpha value is -0.650. The van der Waals surface area contributed by atoms with Crippen LogP contribution in [0.15, 0.2) is 12.1 Å². The molecule has 0 amide bonds. The summed E-state index contributed by atoms with van der Waals surface area (Å²) >= 11 is 1.18. The molecule has 2 N–H and O–H groups in total. The molecule has 0 radical (unpaired) electrons. The van der Waals surface area contributed by atoms with E-state index in [0.29, 0.717) is 0 Å². The molecule has 4 nitrogen and oxygen atoms in total. The van der Waals surface area contributed by atoms with Crippen molar-refractivity contribution in [3.8, 4) is 0 Å². The molecule has 0 aliphatic carbocycles. The van der Waals surface area contributed by atoms with Crippen LogP contribution < -0.4 is 5.73 Å². The largest absolute Gasteiger partial charge is 0.324 e. The first-order chi connectivity index (χ1) is 6.65. The molecule has 0 unspecified atom stereocenters. The smallest absolute Gasteiger partial charge is 0.323 e. The van der Waals surface area contributed by atoms with Gasteiger partial charge >= 0.3 is 5.00 Å². The zero-order valence-corrected chi connectivity index (χ0v) is 10.1. The lowest BCUT2D eigenvalue weighted by atomic mass is 10.1. The lowest BCUT2D eigenvalue weighted by Gasteiger charge is -2.06. The minimum Gasteiger partial charge on any atom is -0.323 e. The van der Waals surface area contributed by atoms with Gasteiger partial charge in [0.05, 0.1) is 4.92 Å². The fraction of sp³-hybridized carbons (Fsp3) is 0.556. The highest BCUT2D eigenvalue weighted by molar-refractivity contribution is 7.15. The first-order valence-corrected chi connectivity index (χ1v) is 5.46. The Morgan fingerprint density at radius 2 is 2.27 bits per heavy atom. The second-order valence-electron chi connectivity index (χ2n) is 3.18. The van der Waals surface area contributed by atoms with Gasteiger partial charge in [0, 0.05) is 17.0 Å². The van der Waals surface area contributed by atoms with Gasteiger partial charge in [-0.25, -0.2) is 0 Å². The van der Waals surface area contributed by atoms with Gasteiger partial charge in [0.2, 0.25) is 0 Å². The van der Waals surface area contributed by atoms with E-state index in [1.807, 2.05) is 0 Å². The van der Waals surface area contributed by atoms with Crippen LogP contribution in [0.25, 0.3) is 0 Å². The van der Waals surface area contributed by atoms with E-state index < -0.39 is 0 Å². The molecule has 1 heterocycles. The molecule has 86 valence electrons. The first kappa shape index (κ1) is 14.3. The third kappa shape index (κ3) is 4.15. The first-order valence-electron chi connectivity index (χ1n) is 4.65. The van der Waals surface area contributed by atoms with Crippen LogP contribution in [0.5, 0.6) is 0 Å². The maximum atomic E-state index is 10.4. The van der Waals surface area contributed by atoms with E-state index >= 15 is 0 Å². The summed E-state index contributed by atoms with van der Waals surface area (Å²) in [5.41, 5.74) is 5.88. The second kappa shape index (κ2) is 6.76. The van der Waals surface area contributed by atoms with Crippen LogP contribution in [-0.4, -0.2) is 4.92 Å². The number of unbranched alkanes of at least 4 members (excludes halogenated alkanes) is 1. The number of hydrogen-bond donors (Lipinski definition) is 1. The molecule has 0 saturated carbocycles. The summed E-state index contributed by atoms with van der Waals surface area (Å²) < 4.78 is 0. The third-order valence-corrected chi connectivity index (χ3v) is 3.20. The summed E-state index contributed by atoms with van der Waals surface area (Å²) in [5, 5.41) is 10.6. The van der Waals surface area contributed by atoms with E-state index in [-0.39, 0.29) is 28.4 Å². The number of hydrogen-bond acceptors (Lipinski definition) is 4. The molecule has 0 aliphatic heterocycles. The van der Waals surface area contributed by atoms with Gasteiger partial charge in [-0.3, -0.25) is 10.1 Å². The highest BCUT2D eigenvalue weighted by Crippen LogP contribution is 2.29. The molecule has 0 saturated heterocycles. The molecule has 0 aromatic carbocycles. The van der Waals surface area contributed by atoms with Crippen LogP contribution in [0.1, 0.15) is 37.1 Å². The fourth-order valence-corrected chi connectivity index (χ4v) is 2.06. The van der Waals surface area contributed by atoms with Crippen molar-refractivity contribution in [2.45, 2.75) is 32.2 Å². The maximum Gasteiger partial charge on any atom is 0.324 e. The lowest BCUT2D eigenvalue weighted by molar-refractivity contribution is -0.380. The summed E-state index contributed by atoms with van der Waals surface area (Å²) in [6, 6.07) is 3.23. The van der Waals surface area contributed by atoms with E-state index in [2.05, 4.69) is 6.92 Å². The standard InChI is InChI=1S/C9H14N2O2S.ClH/c1-2-3-4-7(10)8-5-6-9(14-8)11(12)13;/h5-7H,2-4,10H2,1H3;1H/t7-;/m1./s1. The van der Waals surface area contributed by atoms with E-state index in [0.717, 1.165) is 24.1 Å². The third-order valence-electron chi connectivity index (χ3n) is 2.03. The highest BCUT2D eigenvalue weighted by Gasteiger charge is 2.14. The molecular formula is C9H15ClN2O2S. The van der Waals surface area contributed by atoms with Gasteiger partial charge in [0.15, 0.2) is 0 Å². The molecule has 0 spiro atoms. The van der Waals surface area contributed by atoms with Crippen molar-refractivity contribution in [3.63, 3.8) is 0 Å². The Morgan fingerprint density at radius 3 is 2.73 bits per heavy atom. The minimum absolute atomic E-state index is 0. The van der Waals surface area contributed by atoms with Crippen LogP contribution in [0.3, 0.4) is 0 Å². The Morgan fingerprint density at radius 1 is 1.60 bits per heavy atom. The van der Waals surface area contributed by atoms with Crippen molar-refractivity contribution in [3.05, 3.63) is 27.1 Å². The van der Waals surface area contributed by atoms with Gasteiger partial charge < -0.3 is 5.73 Å². The fourth-order valence-electron chi connectivity index (χ4n) is 1.21. The van der Waals surface area contributed by atoms with Crippen molar-refractivity contribution in [2.24, 2.45) is 5.73 Å². The summed E-state index contributed by atoms with van der Waals surface area (Å²) in [6.45, 7) is 2.10. The van der Waals surface area contributed by atoms with Crippen LogP contribution >= 0.6 is 23.7 Å². The molecule has 1 aromatic heterocycles. The van der Waals surface area contributed by atoms with Gasteiger partial charge in [-0.2, -0.15) is 0 Å². The Labute approximate surface area is 99.0 Å². The Balaban J connectivity index is 0.00000196. The van der Waals surface area contributed by atoms with Crippen molar-refractivity contribution < 1.29 is 4.92 Å². The summed E-state index contributed by atoms with van der Waals surface area (Å²) in [6.07, 6.45) is 3.06. The van der Waals surface area contributed by atoms with Crippen LogP contribution in [0, 0.1) is 10.1 Å². The number of nitrogens with two attached hydrogens (primary N) is 1. The zero-order chi connectivity index (χ0) is 10.6. The molecule has 0 fully saturated rings. The van der Waals surface area contributed by atoms with Gasteiger partial charge in [0.25, 0.3) is 0 Å². The van der Waals surface area contributed by atoms with Crippen LogP contribution in [0.2, 0.25) is 0 Å². The van der Waals surface area contributed by atoms with Gasteiger partial charge in [-0.05, 0) is 12.5 Å². The van der Waals surface area contributed by atoms with Gasteiger partial charge in [-0.1, -0.05) is 31.1 Å². The topological polar surface area (TPSA) is 69.2 Å². The maximum absolute atomic E-state index is 10.4. The van der Waals surface area contributed by atoms with Crippen LogP contribution in [0.4, 0.5) is 5.00 Å². The molecule has 1 aromatic rings. The minimum atomic E-state index is -0.374. The van der Waals surface area contributed by atoms with Crippen molar-refractivity contribution in [1.82, 2.24) is 0 Å². The Kier molecular flexibility index (Phi) is 6.47. The number of halogens is 1. The van der Waals surface area contributed by atoms with Gasteiger partial charge in [0.1, 0.15) is 0 Å². The average Bonchev–Trinajstić information content (AvgIpc) is 2.62. The summed E-state index contributed by atoms with van der Waals surface area (Å²) in [5.74, 6) is 0. The van der Waals surface area contributed by atoms with E-state index in [4.69, 9.17) is 5.73 Å². The van der Waals surface area contributed by atoms with Crippen molar-refractivity contribution in [1.29, 1.82) is 0 Å². The zero-order valence-electron chi connectivity index (χ0n) is 8.51. The molecule has 6 heteroatoms. The van der Waals surface area contributed by atoms with Gasteiger partial charge in [-0.15, -0.1) is 12.4 Å². The quantitative estimate of drug-likeness (QED) is 0.644. The molecular weight excluding hydrogens is 236 g/mol. The average molecular weight is 251 g/mol.